The van der Waals surface area contributed by atoms with Crippen LogP contribution in [0.4, 0.5) is 5.69 Å². The van der Waals surface area contributed by atoms with Gasteiger partial charge in [-0.3, -0.25) is 4.79 Å². The standard InChI is InChI=1S/C16H13ClN2O/c1-11-5-6-13(10-18)8-15(11)19-16(20)14-4-2-3-12(7-14)9-17/h2-8H,9H2,1H3,(H,19,20). The Morgan fingerprint density at radius 1 is 1.30 bits per heavy atom. The van der Waals surface area contributed by atoms with E-state index in [0.29, 0.717) is 22.7 Å². The fourth-order valence-electron chi connectivity index (χ4n) is 1.82. The Balaban J connectivity index is 2.25. The Morgan fingerprint density at radius 2 is 2.10 bits per heavy atom. The quantitative estimate of drug-likeness (QED) is 0.870. The van der Waals surface area contributed by atoms with Crippen LogP contribution in [0, 0.1) is 18.3 Å². The molecule has 0 atom stereocenters. The summed E-state index contributed by atoms with van der Waals surface area (Å²) in [6.45, 7) is 1.88. The highest BCUT2D eigenvalue weighted by Crippen LogP contribution is 2.18. The lowest BCUT2D eigenvalue weighted by Gasteiger charge is -2.09. The number of rotatable bonds is 3. The van der Waals surface area contributed by atoms with E-state index in [1.54, 1.807) is 30.3 Å². The number of anilines is 1. The maximum Gasteiger partial charge on any atom is 0.255 e. The second kappa shape index (κ2) is 6.23. The Bertz CT molecular complexity index is 689. The highest BCUT2D eigenvalue weighted by molar-refractivity contribution is 6.17. The number of nitrogens with zero attached hydrogens (tertiary/aromatic N) is 1. The fraction of sp³-hybridized carbons (Fsp3) is 0.125. The zero-order valence-corrected chi connectivity index (χ0v) is 11.7. The minimum absolute atomic E-state index is 0.213. The Kier molecular flexibility index (Phi) is 4.39. The minimum atomic E-state index is -0.213. The molecule has 100 valence electrons. The summed E-state index contributed by atoms with van der Waals surface area (Å²) >= 11 is 5.76. The van der Waals surface area contributed by atoms with Crippen LogP contribution in [-0.4, -0.2) is 5.91 Å². The number of carbonyl (C=O) groups excluding carboxylic acids is 1. The van der Waals surface area contributed by atoms with Gasteiger partial charge in [-0.15, -0.1) is 11.6 Å². The molecular formula is C16H13ClN2O. The number of carbonyl (C=O) groups is 1. The number of alkyl halides is 1. The van der Waals surface area contributed by atoms with Gasteiger partial charge in [0.2, 0.25) is 0 Å². The normalized spacial score (nSPS) is 9.85. The lowest BCUT2D eigenvalue weighted by atomic mass is 10.1. The molecule has 4 heteroatoms. The number of halogens is 1. The van der Waals surface area contributed by atoms with Gasteiger partial charge in [-0.1, -0.05) is 18.2 Å². The van der Waals surface area contributed by atoms with E-state index in [1.807, 2.05) is 19.1 Å². The van der Waals surface area contributed by atoms with E-state index in [4.69, 9.17) is 16.9 Å². The van der Waals surface area contributed by atoms with Crippen molar-refractivity contribution in [2.24, 2.45) is 0 Å². The second-order valence-corrected chi connectivity index (χ2v) is 4.70. The molecule has 20 heavy (non-hydrogen) atoms. The molecular weight excluding hydrogens is 272 g/mol. The molecule has 0 bridgehead atoms. The van der Waals surface area contributed by atoms with Gasteiger partial charge in [0.15, 0.2) is 0 Å². The lowest BCUT2D eigenvalue weighted by Crippen LogP contribution is -2.13. The molecule has 2 aromatic rings. The molecule has 0 saturated carbocycles. The highest BCUT2D eigenvalue weighted by Gasteiger charge is 2.09. The van der Waals surface area contributed by atoms with Crippen molar-refractivity contribution >= 4 is 23.2 Å². The number of aryl methyl sites for hydroxylation is 1. The van der Waals surface area contributed by atoms with Crippen molar-refractivity contribution < 1.29 is 4.79 Å². The molecule has 2 aromatic carbocycles. The average Bonchev–Trinajstić information content (AvgIpc) is 2.49. The number of hydrogen-bond acceptors (Lipinski definition) is 2. The summed E-state index contributed by atoms with van der Waals surface area (Å²) in [4.78, 5) is 12.2. The van der Waals surface area contributed by atoms with E-state index in [9.17, 15) is 4.79 Å². The number of amides is 1. The van der Waals surface area contributed by atoms with E-state index >= 15 is 0 Å². The second-order valence-electron chi connectivity index (χ2n) is 4.43. The molecule has 0 aromatic heterocycles. The van der Waals surface area contributed by atoms with E-state index in [-0.39, 0.29) is 5.91 Å². The minimum Gasteiger partial charge on any atom is -0.322 e. The molecule has 2 rings (SSSR count). The largest absolute Gasteiger partial charge is 0.322 e. The summed E-state index contributed by atoms with van der Waals surface area (Å²) < 4.78 is 0. The molecule has 0 radical (unpaired) electrons. The molecule has 1 N–H and O–H groups in total. The van der Waals surface area contributed by atoms with Gasteiger partial charge < -0.3 is 5.32 Å². The molecule has 0 unspecified atom stereocenters. The van der Waals surface area contributed by atoms with Crippen LogP contribution in [0.3, 0.4) is 0 Å². The maximum atomic E-state index is 12.2. The third-order valence-electron chi connectivity index (χ3n) is 2.96. The van der Waals surface area contributed by atoms with Crippen LogP contribution in [0.15, 0.2) is 42.5 Å². The summed E-state index contributed by atoms with van der Waals surface area (Å²) in [6.07, 6.45) is 0. The van der Waals surface area contributed by atoms with E-state index in [1.165, 1.54) is 0 Å². The first-order valence-electron chi connectivity index (χ1n) is 6.11. The summed E-state index contributed by atoms with van der Waals surface area (Å²) in [5.41, 5.74) is 3.50. The third-order valence-corrected chi connectivity index (χ3v) is 3.27. The molecule has 0 aliphatic heterocycles. The smallest absolute Gasteiger partial charge is 0.255 e. The molecule has 0 aliphatic carbocycles. The van der Waals surface area contributed by atoms with Gasteiger partial charge in [-0.25, -0.2) is 0 Å². The number of nitriles is 1. The van der Waals surface area contributed by atoms with Gasteiger partial charge in [0.1, 0.15) is 0 Å². The first kappa shape index (κ1) is 14.1. The lowest BCUT2D eigenvalue weighted by molar-refractivity contribution is 0.102. The first-order valence-corrected chi connectivity index (χ1v) is 6.64. The predicted molar refractivity (Wildman–Crippen MR) is 79.8 cm³/mol. The van der Waals surface area contributed by atoms with Crippen LogP contribution < -0.4 is 5.32 Å². The molecule has 0 heterocycles. The van der Waals surface area contributed by atoms with Gasteiger partial charge in [0.25, 0.3) is 5.91 Å². The van der Waals surface area contributed by atoms with Gasteiger partial charge in [-0.05, 0) is 42.3 Å². The molecule has 0 fully saturated rings. The van der Waals surface area contributed by atoms with Crippen LogP contribution in [-0.2, 0) is 5.88 Å². The fourth-order valence-corrected chi connectivity index (χ4v) is 1.98. The summed E-state index contributed by atoms with van der Waals surface area (Å²) in [7, 11) is 0. The number of nitrogens with one attached hydrogen (secondary N) is 1. The molecule has 3 nitrogen and oxygen atoms in total. The maximum absolute atomic E-state index is 12.2. The summed E-state index contributed by atoms with van der Waals surface area (Å²) in [6, 6.07) is 14.4. The van der Waals surface area contributed by atoms with Crippen LogP contribution in [0.5, 0.6) is 0 Å². The number of benzene rings is 2. The van der Waals surface area contributed by atoms with E-state index in [2.05, 4.69) is 11.4 Å². The van der Waals surface area contributed by atoms with Crippen LogP contribution in [0.25, 0.3) is 0 Å². The van der Waals surface area contributed by atoms with Crippen molar-refractivity contribution in [3.8, 4) is 6.07 Å². The van der Waals surface area contributed by atoms with Crippen molar-refractivity contribution in [3.63, 3.8) is 0 Å². The summed E-state index contributed by atoms with van der Waals surface area (Å²) in [5, 5.41) is 11.7. The topological polar surface area (TPSA) is 52.9 Å². The van der Waals surface area contributed by atoms with Gasteiger partial charge in [0, 0.05) is 17.1 Å². The highest BCUT2D eigenvalue weighted by atomic mass is 35.5. The van der Waals surface area contributed by atoms with E-state index in [0.717, 1.165) is 11.1 Å². The van der Waals surface area contributed by atoms with Crippen molar-refractivity contribution in [3.05, 3.63) is 64.7 Å². The van der Waals surface area contributed by atoms with Crippen molar-refractivity contribution in [1.82, 2.24) is 0 Å². The van der Waals surface area contributed by atoms with Crippen LogP contribution in [0.1, 0.15) is 27.0 Å². The first-order chi connectivity index (χ1) is 9.63. The monoisotopic (exact) mass is 284 g/mol. The van der Waals surface area contributed by atoms with Crippen LogP contribution >= 0.6 is 11.6 Å². The molecule has 0 aliphatic rings. The Hall–Kier alpha value is -2.31. The zero-order valence-electron chi connectivity index (χ0n) is 11.0. The van der Waals surface area contributed by atoms with Crippen molar-refractivity contribution in [2.45, 2.75) is 12.8 Å². The predicted octanol–water partition coefficient (Wildman–Crippen LogP) is 3.86. The van der Waals surface area contributed by atoms with Gasteiger partial charge in [-0.2, -0.15) is 5.26 Å². The van der Waals surface area contributed by atoms with E-state index < -0.39 is 0 Å². The average molecular weight is 285 g/mol. The molecule has 0 spiro atoms. The Labute approximate surface area is 122 Å². The number of hydrogen-bond donors (Lipinski definition) is 1. The van der Waals surface area contributed by atoms with Crippen molar-refractivity contribution in [1.29, 1.82) is 5.26 Å². The molecule has 0 saturated heterocycles. The zero-order chi connectivity index (χ0) is 14.5. The van der Waals surface area contributed by atoms with Gasteiger partial charge >= 0.3 is 0 Å². The van der Waals surface area contributed by atoms with Crippen molar-refractivity contribution in [2.75, 3.05) is 5.32 Å². The third kappa shape index (κ3) is 3.17. The molecule has 1 amide bonds. The summed E-state index contributed by atoms with van der Waals surface area (Å²) in [5.74, 6) is 0.152. The Morgan fingerprint density at radius 3 is 2.80 bits per heavy atom. The van der Waals surface area contributed by atoms with Crippen LogP contribution in [0.2, 0.25) is 0 Å². The SMILES string of the molecule is Cc1ccc(C#N)cc1NC(=O)c1cccc(CCl)c1. The van der Waals surface area contributed by atoms with Gasteiger partial charge in [0.05, 0.1) is 11.6 Å².